The molecule has 2 unspecified atom stereocenters. The number of hydrogen-bond acceptors (Lipinski definition) is 3. The van der Waals surface area contributed by atoms with Gasteiger partial charge in [0.25, 0.3) is 0 Å². The molecule has 1 heterocycles. The van der Waals surface area contributed by atoms with Crippen molar-refractivity contribution in [2.45, 2.75) is 25.5 Å². The molecule has 3 rings (SSSR count). The van der Waals surface area contributed by atoms with Crippen LogP contribution in [0.1, 0.15) is 24.1 Å². The molecule has 21 heavy (non-hydrogen) atoms. The van der Waals surface area contributed by atoms with E-state index in [1.165, 1.54) is 11.1 Å². The number of para-hydroxylation sites is 1. The van der Waals surface area contributed by atoms with Gasteiger partial charge in [-0.1, -0.05) is 37.3 Å². The van der Waals surface area contributed by atoms with E-state index in [0.29, 0.717) is 0 Å². The van der Waals surface area contributed by atoms with Gasteiger partial charge in [0.2, 0.25) is 0 Å². The Hall–Kier alpha value is -2.00. The van der Waals surface area contributed by atoms with Crippen LogP contribution >= 0.6 is 0 Å². The van der Waals surface area contributed by atoms with Crippen molar-refractivity contribution in [2.75, 3.05) is 13.7 Å². The third kappa shape index (κ3) is 2.88. The normalized spacial score (nSPS) is 17.9. The Kier molecular flexibility index (Phi) is 4.11. The Morgan fingerprint density at radius 3 is 2.62 bits per heavy atom. The van der Waals surface area contributed by atoms with E-state index in [4.69, 9.17) is 9.47 Å². The van der Waals surface area contributed by atoms with Gasteiger partial charge >= 0.3 is 0 Å². The summed E-state index contributed by atoms with van der Waals surface area (Å²) < 4.78 is 11.4. The van der Waals surface area contributed by atoms with Crippen LogP contribution < -0.4 is 14.8 Å². The highest BCUT2D eigenvalue weighted by molar-refractivity contribution is 5.39. The van der Waals surface area contributed by atoms with Gasteiger partial charge in [-0.05, 0) is 35.9 Å². The minimum atomic E-state index is 0.135. The summed E-state index contributed by atoms with van der Waals surface area (Å²) in [5, 5.41) is 3.55. The summed E-state index contributed by atoms with van der Waals surface area (Å²) in [6.45, 7) is 3.03. The van der Waals surface area contributed by atoms with E-state index < -0.39 is 0 Å². The summed E-state index contributed by atoms with van der Waals surface area (Å²) in [4.78, 5) is 0. The Morgan fingerprint density at radius 2 is 1.95 bits per heavy atom. The molecule has 0 saturated carbocycles. The molecule has 1 aliphatic rings. The van der Waals surface area contributed by atoms with Crippen molar-refractivity contribution in [2.24, 2.45) is 0 Å². The maximum atomic E-state index is 6.14. The number of hydrogen-bond donors (Lipinski definition) is 1. The molecule has 2 atom stereocenters. The molecule has 0 fully saturated rings. The lowest BCUT2D eigenvalue weighted by molar-refractivity contribution is 0.179. The van der Waals surface area contributed by atoms with Crippen molar-refractivity contribution in [3.63, 3.8) is 0 Å². The van der Waals surface area contributed by atoms with Gasteiger partial charge in [-0.25, -0.2) is 0 Å². The minimum Gasteiger partial charge on any atom is -0.497 e. The first-order valence-corrected chi connectivity index (χ1v) is 7.43. The average molecular weight is 283 g/mol. The molecule has 0 radical (unpaired) electrons. The molecule has 110 valence electrons. The zero-order valence-electron chi connectivity index (χ0n) is 12.5. The number of fused-ring (bicyclic) bond motifs is 1. The monoisotopic (exact) mass is 283 g/mol. The average Bonchev–Trinajstić information content (AvgIpc) is 2.96. The van der Waals surface area contributed by atoms with Gasteiger partial charge in [-0.15, -0.1) is 0 Å². The van der Waals surface area contributed by atoms with Gasteiger partial charge in [0.1, 0.15) is 17.6 Å². The maximum Gasteiger partial charge on any atom is 0.123 e. The van der Waals surface area contributed by atoms with Crippen molar-refractivity contribution in [1.82, 2.24) is 5.32 Å². The van der Waals surface area contributed by atoms with Crippen molar-refractivity contribution in [1.29, 1.82) is 0 Å². The SMILES string of the molecule is CCNC(c1ccc(OC)cc1)C1Cc2ccccc2O1. The van der Waals surface area contributed by atoms with Crippen molar-refractivity contribution >= 4 is 0 Å². The van der Waals surface area contributed by atoms with E-state index >= 15 is 0 Å². The first-order chi connectivity index (χ1) is 10.3. The molecule has 1 N–H and O–H groups in total. The van der Waals surface area contributed by atoms with Crippen LogP contribution in [0.25, 0.3) is 0 Å². The van der Waals surface area contributed by atoms with Crippen LogP contribution in [-0.2, 0) is 6.42 Å². The summed E-state index contributed by atoms with van der Waals surface area (Å²) >= 11 is 0. The largest absolute Gasteiger partial charge is 0.497 e. The lowest BCUT2D eigenvalue weighted by Gasteiger charge is -2.24. The fraction of sp³-hybridized carbons (Fsp3) is 0.333. The molecule has 0 amide bonds. The molecule has 0 saturated heterocycles. The van der Waals surface area contributed by atoms with Crippen LogP contribution in [-0.4, -0.2) is 19.8 Å². The van der Waals surface area contributed by atoms with E-state index in [9.17, 15) is 0 Å². The number of rotatable bonds is 5. The zero-order chi connectivity index (χ0) is 14.7. The molecule has 0 aliphatic carbocycles. The smallest absolute Gasteiger partial charge is 0.123 e. The lowest BCUT2D eigenvalue weighted by atomic mass is 9.97. The predicted octanol–water partition coefficient (Wildman–Crippen LogP) is 3.35. The predicted molar refractivity (Wildman–Crippen MR) is 84.0 cm³/mol. The Morgan fingerprint density at radius 1 is 1.19 bits per heavy atom. The summed E-state index contributed by atoms with van der Waals surface area (Å²) in [7, 11) is 1.69. The van der Waals surface area contributed by atoms with Gasteiger partial charge in [-0.3, -0.25) is 0 Å². The van der Waals surface area contributed by atoms with Gasteiger partial charge < -0.3 is 14.8 Å². The summed E-state index contributed by atoms with van der Waals surface area (Å²) in [5.41, 5.74) is 2.52. The number of nitrogens with one attached hydrogen (secondary N) is 1. The van der Waals surface area contributed by atoms with Crippen LogP contribution in [0.4, 0.5) is 0 Å². The van der Waals surface area contributed by atoms with E-state index in [0.717, 1.165) is 24.5 Å². The standard InChI is InChI=1S/C18H21NO2/c1-3-19-18(13-8-10-15(20-2)11-9-13)17-12-14-6-4-5-7-16(14)21-17/h4-11,17-19H,3,12H2,1-2H3. The van der Waals surface area contributed by atoms with Crippen LogP contribution in [0.15, 0.2) is 48.5 Å². The maximum absolute atomic E-state index is 6.14. The lowest BCUT2D eigenvalue weighted by Crippen LogP contribution is -2.34. The van der Waals surface area contributed by atoms with Crippen molar-refractivity contribution in [3.05, 3.63) is 59.7 Å². The summed E-state index contributed by atoms with van der Waals surface area (Å²) in [6.07, 6.45) is 1.08. The van der Waals surface area contributed by atoms with Gasteiger partial charge in [-0.2, -0.15) is 0 Å². The van der Waals surface area contributed by atoms with Crippen molar-refractivity contribution in [3.8, 4) is 11.5 Å². The van der Waals surface area contributed by atoms with E-state index in [-0.39, 0.29) is 12.1 Å². The molecule has 0 bridgehead atoms. The van der Waals surface area contributed by atoms with Crippen LogP contribution in [0, 0.1) is 0 Å². The third-order valence-corrected chi connectivity index (χ3v) is 3.94. The Balaban J connectivity index is 1.82. The molecular formula is C18H21NO2. The molecule has 0 aromatic heterocycles. The van der Waals surface area contributed by atoms with Gasteiger partial charge in [0.05, 0.1) is 13.2 Å². The second kappa shape index (κ2) is 6.19. The number of methoxy groups -OCH3 is 1. The topological polar surface area (TPSA) is 30.5 Å². The molecule has 2 aromatic carbocycles. The third-order valence-electron chi connectivity index (χ3n) is 3.94. The fourth-order valence-electron chi connectivity index (χ4n) is 2.89. The first kappa shape index (κ1) is 14.0. The highest BCUT2D eigenvalue weighted by atomic mass is 16.5. The highest BCUT2D eigenvalue weighted by Gasteiger charge is 2.30. The molecule has 0 spiro atoms. The minimum absolute atomic E-state index is 0.135. The van der Waals surface area contributed by atoms with E-state index in [1.54, 1.807) is 7.11 Å². The van der Waals surface area contributed by atoms with Gasteiger partial charge in [0.15, 0.2) is 0 Å². The highest BCUT2D eigenvalue weighted by Crippen LogP contribution is 2.34. The second-order valence-corrected chi connectivity index (χ2v) is 5.28. The van der Waals surface area contributed by atoms with Crippen LogP contribution in [0.3, 0.4) is 0 Å². The van der Waals surface area contributed by atoms with Crippen molar-refractivity contribution < 1.29 is 9.47 Å². The van der Waals surface area contributed by atoms with Crippen LogP contribution in [0.2, 0.25) is 0 Å². The molecule has 2 aromatic rings. The summed E-state index contributed by atoms with van der Waals surface area (Å²) in [5.74, 6) is 1.89. The quantitative estimate of drug-likeness (QED) is 0.913. The number of likely N-dealkylation sites (N-methyl/N-ethyl adjacent to an activating group) is 1. The molecule has 1 aliphatic heterocycles. The molecule has 3 heteroatoms. The number of benzene rings is 2. The fourth-order valence-corrected chi connectivity index (χ4v) is 2.89. The molecular weight excluding hydrogens is 262 g/mol. The summed E-state index contributed by atoms with van der Waals surface area (Å²) in [6, 6.07) is 16.7. The first-order valence-electron chi connectivity index (χ1n) is 7.43. The second-order valence-electron chi connectivity index (χ2n) is 5.28. The number of ether oxygens (including phenoxy) is 2. The Labute approximate surface area is 125 Å². The van der Waals surface area contributed by atoms with Crippen LogP contribution in [0.5, 0.6) is 11.5 Å². The molecule has 3 nitrogen and oxygen atoms in total. The van der Waals surface area contributed by atoms with E-state index in [1.807, 2.05) is 24.3 Å². The van der Waals surface area contributed by atoms with Gasteiger partial charge in [0, 0.05) is 6.42 Å². The van der Waals surface area contributed by atoms with E-state index in [2.05, 4.69) is 36.5 Å². The Bertz CT molecular complexity index is 569. The zero-order valence-corrected chi connectivity index (χ0v) is 12.5.